The van der Waals surface area contributed by atoms with Crippen LogP contribution in [0.15, 0.2) is 0 Å². The van der Waals surface area contributed by atoms with Crippen LogP contribution in [0.4, 0.5) is 0 Å². The zero-order valence-corrected chi connectivity index (χ0v) is 14.0. The molecule has 0 aromatic heterocycles. The molecule has 1 fully saturated rings. The highest BCUT2D eigenvalue weighted by Crippen LogP contribution is 2.16. The number of carbonyl (C=O) groups excluding carboxylic acids is 1. The van der Waals surface area contributed by atoms with Crippen molar-refractivity contribution in [1.29, 1.82) is 0 Å². The van der Waals surface area contributed by atoms with E-state index in [-0.39, 0.29) is 11.4 Å². The lowest BCUT2D eigenvalue weighted by atomic mass is 9.96. The number of hydrogen-bond donors (Lipinski definition) is 2. The van der Waals surface area contributed by atoms with E-state index in [0.29, 0.717) is 6.54 Å². The van der Waals surface area contributed by atoms with Gasteiger partial charge in [0.15, 0.2) is 0 Å². The number of hydrogen-bond acceptors (Lipinski definition) is 3. The van der Waals surface area contributed by atoms with Crippen LogP contribution in [0.5, 0.6) is 0 Å². The molecule has 118 valence electrons. The number of amides is 1. The Morgan fingerprint density at radius 2 is 1.85 bits per heavy atom. The fourth-order valence-corrected chi connectivity index (χ4v) is 2.59. The predicted molar refractivity (Wildman–Crippen MR) is 84.8 cm³/mol. The molecule has 20 heavy (non-hydrogen) atoms. The van der Waals surface area contributed by atoms with Gasteiger partial charge in [0.25, 0.3) is 0 Å². The van der Waals surface area contributed by atoms with E-state index in [1.807, 2.05) is 20.8 Å². The topological polar surface area (TPSA) is 44.4 Å². The van der Waals surface area contributed by atoms with Gasteiger partial charge in [-0.05, 0) is 71.6 Å². The van der Waals surface area contributed by atoms with E-state index in [2.05, 4.69) is 29.4 Å². The lowest BCUT2D eigenvalue weighted by Gasteiger charge is -2.32. The van der Waals surface area contributed by atoms with Gasteiger partial charge >= 0.3 is 0 Å². The molecule has 0 bridgehead atoms. The fraction of sp³-hybridized carbons (Fsp3) is 0.938. The van der Waals surface area contributed by atoms with Crippen molar-refractivity contribution in [1.82, 2.24) is 15.5 Å². The van der Waals surface area contributed by atoms with Crippen LogP contribution in [0, 0.1) is 11.8 Å². The van der Waals surface area contributed by atoms with Crippen LogP contribution in [0.1, 0.15) is 47.5 Å². The van der Waals surface area contributed by atoms with Gasteiger partial charge in [-0.2, -0.15) is 0 Å². The quantitative estimate of drug-likeness (QED) is 0.782. The van der Waals surface area contributed by atoms with Crippen molar-refractivity contribution in [3.8, 4) is 0 Å². The summed E-state index contributed by atoms with van der Waals surface area (Å²) in [5.74, 6) is 1.64. The molecule has 1 aliphatic rings. The predicted octanol–water partition coefficient (Wildman–Crippen LogP) is 1.86. The Morgan fingerprint density at radius 1 is 1.25 bits per heavy atom. The second-order valence-electron chi connectivity index (χ2n) is 7.57. The number of likely N-dealkylation sites (tertiary alicyclic amines) is 1. The van der Waals surface area contributed by atoms with Gasteiger partial charge in [0, 0.05) is 5.54 Å². The Kier molecular flexibility index (Phi) is 6.96. The summed E-state index contributed by atoms with van der Waals surface area (Å²) in [7, 11) is 0. The van der Waals surface area contributed by atoms with Gasteiger partial charge in [-0.3, -0.25) is 9.69 Å². The standard InChI is InChI=1S/C16H33N3O/c1-13(2)10-17-11-14-6-8-19(9-7-14)12-15(20)18-16(3,4)5/h13-14,17H,6-12H2,1-5H3,(H,18,20). The molecule has 0 radical (unpaired) electrons. The van der Waals surface area contributed by atoms with Crippen molar-refractivity contribution < 1.29 is 4.79 Å². The minimum atomic E-state index is -0.129. The number of nitrogens with zero attached hydrogens (tertiary/aromatic N) is 1. The van der Waals surface area contributed by atoms with Crippen molar-refractivity contribution >= 4 is 5.91 Å². The highest BCUT2D eigenvalue weighted by Gasteiger charge is 2.22. The minimum Gasteiger partial charge on any atom is -0.350 e. The van der Waals surface area contributed by atoms with Crippen molar-refractivity contribution in [2.45, 2.75) is 53.0 Å². The maximum absolute atomic E-state index is 11.9. The molecule has 1 heterocycles. The third-order valence-electron chi connectivity index (χ3n) is 3.57. The van der Waals surface area contributed by atoms with Crippen LogP contribution < -0.4 is 10.6 Å². The van der Waals surface area contributed by atoms with Crippen molar-refractivity contribution in [3.63, 3.8) is 0 Å². The molecule has 0 aromatic rings. The zero-order valence-electron chi connectivity index (χ0n) is 14.0. The highest BCUT2D eigenvalue weighted by atomic mass is 16.2. The lowest BCUT2D eigenvalue weighted by Crippen LogP contribution is -2.48. The molecule has 0 aliphatic carbocycles. The molecule has 1 amide bonds. The molecule has 4 heteroatoms. The Bertz CT molecular complexity index is 289. The van der Waals surface area contributed by atoms with Gasteiger partial charge < -0.3 is 10.6 Å². The average molecular weight is 283 g/mol. The third kappa shape index (κ3) is 7.85. The first-order valence-corrected chi connectivity index (χ1v) is 8.00. The van der Waals surface area contributed by atoms with Gasteiger partial charge in [0.1, 0.15) is 0 Å². The van der Waals surface area contributed by atoms with E-state index in [1.54, 1.807) is 0 Å². The Balaban J connectivity index is 2.17. The summed E-state index contributed by atoms with van der Waals surface area (Å²) in [5, 5.41) is 6.57. The zero-order chi connectivity index (χ0) is 15.2. The summed E-state index contributed by atoms with van der Waals surface area (Å²) >= 11 is 0. The van der Waals surface area contributed by atoms with Gasteiger partial charge in [-0.15, -0.1) is 0 Å². The monoisotopic (exact) mass is 283 g/mol. The van der Waals surface area contributed by atoms with Gasteiger partial charge in [-0.1, -0.05) is 13.8 Å². The van der Waals surface area contributed by atoms with Gasteiger partial charge in [-0.25, -0.2) is 0 Å². The summed E-state index contributed by atoms with van der Waals surface area (Å²) in [6, 6.07) is 0. The molecule has 0 unspecified atom stereocenters. The Labute approximate surface area is 124 Å². The van der Waals surface area contributed by atoms with E-state index in [1.165, 1.54) is 12.8 Å². The molecule has 0 aromatic carbocycles. The van der Waals surface area contributed by atoms with Crippen LogP contribution in [0.25, 0.3) is 0 Å². The first-order chi connectivity index (χ1) is 9.26. The molecule has 1 saturated heterocycles. The molecule has 0 spiro atoms. The second kappa shape index (κ2) is 7.99. The Hall–Kier alpha value is -0.610. The molecule has 4 nitrogen and oxygen atoms in total. The van der Waals surface area contributed by atoms with Gasteiger partial charge in [0.05, 0.1) is 6.54 Å². The fourth-order valence-electron chi connectivity index (χ4n) is 2.59. The minimum absolute atomic E-state index is 0.129. The van der Waals surface area contributed by atoms with Gasteiger partial charge in [0.2, 0.25) is 5.91 Å². The van der Waals surface area contributed by atoms with Crippen molar-refractivity contribution in [2.75, 3.05) is 32.7 Å². The van der Waals surface area contributed by atoms with E-state index in [4.69, 9.17) is 0 Å². The number of carbonyl (C=O) groups is 1. The smallest absolute Gasteiger partial charge is 0.234 e. The molecule has 0 saturated carbocycles. The summed E-state index contributed by atoms with van der Waals surface area (Å²) < 4.78 is 0. The second-order valence-corrected chi connectivity index (χ2v) is 7.57. The van der Waals surface area contributed by atoms with Crippen LogP contribution in [-0.4, -0.2) is 49.1 Å². The lowest BCUT2D eigenvalue weighted by molar-refractivity contribution is -0.124. The van der Waals surface area contributed by atoms with E-state index < -0.39 is 0 Å². The molecular weight excluding hydrogens is 250 g/mol. The van der Waals surface area contributed by atoms with E-state index in [0.717, 1.165) is 38.0 Å². The number of nitrogens with one attached hydrogen (secondary N) is 2. The normalized spacial score (nSPS) is 18.5. The molecular formula is C16H33N3O. The van der Waals surface area contributed by atoms with E-state index in [9.17, 15) is 4.79 Å². The summed E-state index contributed by atoms with van der Waals surface area (Å²) in [5.41, 5.74) is -0.129. The maximum atomic E-state index is 11.9. The largest absolute Gasteiger partial charge is 0.350 e. The van der Waals surface area contributed by atoms with Crippen LogP contribution in [0.3, 0.4) is 0 Å². The summed E-state index contributed by atoms with van der Waals surface area (Å²) in [4.78, 5) is 14.2. The average Bonchev–Trinajstić information content (AvgIpc) is 2.28. The third-order valence-corrected chi connectivity index (χ3v) is 3.57. The number of rotatable bonds is 6. The molecule has 2 N–H and O–H groups in total. The van der Waals surface area contributed by atoms with Crippen LogP contribution in [0.2, 0.25) is 0 Å². The summed E-state index contributed by atoms with van der Waals surface area (Å²) in [6.07, 6.45) is 2.40. The maximum Gasteiger partial charge on any atom is 0.234 e. The first-order valence-electron chi connectivity index (χ1n) is 8.00. The summed E-state index contributed by atoms with van der Waals surface area (Å²) in [6.45, 7) is 15.4. The first kappa shape index (κ1) is 17.4. The van der Waals surface area contributed by atoms with Crippen molar-refractivity contribution in [3.05, 3.63) is 0 Å². The highest BCUT2D eigenvalue weighted by molar-refractivity contribution is 5.78. The number of piperidine rings is 1. The van der Waals surface area contributed by atoms with Crippen molar-refractivity contribution in [2.24, 2.45) is 11.8 Å². The molecule has 1 aliphatic heterocycles. The van der Waals surface area contributed by atoms with E-state index >= 15 is 0 Å². The van der Waals surface area contributed by atoms with Crippen LogP contribution in [-0.2, 0) is 4.79 Å². The van der Waals surface area contributed by atoms with Crippen LogP contribution >= 0.6 is 0 Å². The SMILES string of the molecule is CC(C)CNCC1CCN(CC(=O)NC(C)(C)C)CC1. The Morgan fingerprint density at radius 3 is 2.35 bits per heavy atom. The molecule has 1 rings (SSSR count). The molecule has 0 atom stereocenters.